The molecule has 22 heavy (non-hydrogen) atoms. The Kier molecular flexibility index (Phi) is 10.4. The van der Waals surface area contributed by atoms with Gasteiger partial charge in [-0.05, 0) is 61.2 Å². The van der Waals surface area contributed by atoms with Gasteiger partial charge in [-0.3, -0.25) is 0 Å². The maximum absolute atomic E-state index is 2.42. The van der Waals surface area contributed by atoms with Crippen LogP contribution in [-0.4, -0.2) is 0 Å². The molecule has 0 saturated heterocycles. The first kappa shape index (κ1) is 21.7. The van der Waals surface area contributed by atoms with Crippen LogP contribution in [0.4, 0.5) is 0 Å². The Morgan fingerprint density at radius 3 is 1.73 bits per heavy atom. The summed E-state index contributed by atoms with van der Waals surface area (Å²) in [5.74, 6) is 1.64. The van der Waals surface area contributed by atoms with Crippen molar-refractivity contribution in [2.75, 3.05) is 0 Å². The molecule has 1 unspecified atom stereocenters. The molecule has 0 nitrogen and oxygen atoms in total. The molecule has 0 bridgehead atoms. The van der Waals surface area contributed by atoms with Crippen LogP contribution in [-0.2, 0) is 0 Å². The third kappa shape index (κ3) is 12.3. The lowest BCUT2D eigenvalue weighted by molar-refractivity contribution is 0.163. The number of hydrogen-bond acceptors (Lipinski definition) is 0. The van der Waals surface area contributed by atoms with Crippen molar-refractivity contribution in [1.29, 1.82) is 0 Å². The van der Waals surface area contributed by atoms with Crippen LogP contribution in [0, 0.1) is 22.7 Å². The Morgan fingerprint density at radius 2 is 1.27 bits per heavy atom. The van der Waals surface area contributed by atoms with Gasteiger partial charge in [-0.1, -0.05) is 80.4 Å². The lowest BCUT2D eigenvalue weighted by atomic mass is 9.72. The highest BCUT2D eigenvalue weighted by Crippen LogP contribution is 2.35. The fourth-order valence-electron chi connectivity index (χ4n) is 3.55. The largest absolute Gasteiger partial charge is 0.0885 e. The molecule has 0 fully saturated rings. The number of unbranched alkanes of at least 4 members (excludes halogenated alkanes) is 4. The van der Waals surface area contributed by atoms with Crippen molar-refractivity contribution in [3.05, 3.63) is 12.2 Å². The molecule has 1 atom stereocenters. The van der Waals surface area contributed by atoms with Gasteiger partial charge in [-0.25, -0.2) is 0 Å². The molecule has 0 rings (SSSR count). The summed E-state index contributed by atoms with van der Waals surface area (Å²) >= 11 is 0. The van der Waals surface area contributed by atoms with Crippen LogP contribution in [0.15, 0.2) is 12.2 Å². The summed E-state index contributed by atoms with van der Waals surface area (Å²) < 4.78 is 0. The fourth-order valence-corrected chi connectivity index (χ4v) is 3.55. The van der Waals surface area contributed by atoms with Gasteiger partial charge in [0.25, 0.3) is 0 Å². The van der Waals surface area contributed by atoms with E-state index in [4.69, 9.17) is 0 Å². The van der Waals surface area contributed by atoms with E-state index < -0.39 is 0 Å². The first-order valence-corrected chi connectivity index (χ1v) is 9.69. The van der Waals surface area contributed by atoms with Gasteiger partial charge in [0, 0.05) is 0 Å². The molecule has 0 aliphatic rings. The number of allylic oxidation sites excluding steroid dienone is 2. The van der Waals surface area contributed by atoms with E-state index in [9.17, 15) is 0 Å². The first-order chi connectivity index (χ1) is 10.0. The molecule has 0 spiro atoms. The highest BCUT2D eigenvalue weighted by atomic mass is 14.3. The van der Waals surface area contributed by atoms with Crippen LogP contribution in [0.25, 0.3) is 0 Å². The molecule has 0 aliphatic carbocycles. The molecule has 132 valence electrons. The van der Waals surface area contributed by atoms with E-state index in [0.29, 0.717) is 10.8 Å². The van der Waals surface area contributed by atoms with Gasteiger partial charge >= 0.3 is 0 Å². The maximum Gasteiger partial charge on any atom is -0.0342 e. The zero-order chi connectivity index (χ0) is 17.2. The SMILES string of the molecule is CC(C)C(CCCC=CCCCCCC(C)(C)C)C(C)(C)C. The van der Waals surface area contributed by atoms with Gasteiger partial charge in [0.2, 0.25) is 0 Å². The molecule has 0 aromatic heterocycles. The first-order valence-electron chi connectivity index (χ1n) is 9.69. The predicted molar refractivity (Wildman–Crippen MR) is 103 cm³/mol. The van der Waals surface area contributed by atoms with Gasteiger partial charge in [-0.2, -0.15) is 0 Å². The van der Waals surface area contributed by atoms with Crippen molar-refractivity contribution >= 4 is 0 Å². The summed E-state index contributed by atoms with van der Waals surface area (Å²) in [4.78, 5) is 0. The predicted octanol–water partition coefficient (Wildman–Crippen LogP) is 8.03. The van der Waals surface area contributed by atoms with Crippen molar-refractivity contribution in [3.8, 4) is 0 Å². The quantitative estimate of drug-likeness (QED) is 0.283. The molecule has 0 N–H and O–H groups in total. The van der Waals surface area contributed by atoms with E-state index in [2.05, 4.69) is 67.5 Å². The van der Waals surface area contributed by atoms with Crippen LogP contribution in [0.5, 0.6) is 0 Å². The molecule has 0 saturated carbocycles. The topological polar surface area (TPSA) is 0 Å². The maximum atomic E-state index is 2.42. The summed E-state index contributed by atoms with van der Waals surface area (Å²) in [6.07, 6.45) is 15.6. The van der Waals surface area contributed by atoms with Gasteiger partial charge in [0.1, 0.15) is 0 Å². The standard InChI is InChI=1S/C22H44/c1-19(2)20(22(6,7)8)17-15-13-11-9-10-12-14-16-18-21(3,4)5/h9,11,19-20H,10,12-18H2,1-8H3. The molecular weight excluding hydrogens is 264 g/mol. The monoisotopic (exact) mass is 308 g/mol. The zero-order valence-electron chi connectivity index (χ0n) is 17.0. The average Bonchev–Trinajstić information content (AvgIpc) is 2.32. The van der Waals surface area contributed by atoms with E-state index in [1.807, 2.05) is 0 Å². The Labute approximate surface area is 142 Å². The second-order valence-corrected chi connectivity index (χ2v) is 9.78. The summed E-state index contributed by atoms with van der Waals surface area (Å²) in [5.41, 5.74) is 0.959. The molecule has 0 heterocycles. The second-order valence-electron chi connectivity index (χ2n) is 9.78. The Morgan fingerprint density at radius 1 is 0.727 bits per heavy atom. The number of rotatable bonds is 10. The van der Waals surface area contributed by atoms with Gasteiger partial charge < -0.3 is 0 Å². The van der Waals surface area contributed by atoms with Crippen molar-refractivity contribution in [2.24, 2.45) is 22.7 Å². The van der Waals surface area contributed by atoms with Crippen LogP contribution < -0.4 is 0 Å². The van der Waals surface area contributed by atoms with Crippen molar-refractivity contribution < 1.29 is 0 Å². The normalized spacial score (nSPS) is 15.0. The molecule has 0 radical (unpaired) electrons. The van der Waals surface area contributed by atoms with Crippen LogP contribution in [0.3, 0.4) is 0 Å². The lowest BCUT2D eigenvalue weighted by Gasteiger charge is -2.34. The Balaban J connectivity index is 3.67. The third-order valence-corrected chi connectivity index (χ3v) is 4.77. The Hall–Kier alpha value is -0.260. The summed E-state index contributed by atoms with van der Waals surface area (Å²) in [7, 11) is 0. The zero-order valence-corrected chi connectivity index (χ0v) is 17.0. The molecule has 0 heteroatoms. The minimum Gasteiger partial charge on any atom is -0.0885 e. The summed E-state index contributed by atoms with van der Waals surface area (Å²) in [6.45, 7) is 19.0. The van der Waals surface area contributed by atoms with Gasteiger partial charge in [0.05, 0.1) is 0 Å². The van der Waals surface area contributed by atoms with Crippen molar-refractivity contribution in [2.45, 2.75) is 107 Å². The molecule has 0 aromatic rings. The van der Waals surface area contributed by atoms with E-state index in [1.165, 1.54) is 51.4 Å². The molecule has 0 aromatic carbocycles. The minimum absolute atomic E-state index is 0.449. The fraction of sp³-hybridized carbons (Fsp3) is 0.909. The van der Waals surface area contributed by atoms with Gasteiger partial charge in [-0.15, -0.1) is 0 Å². The van der Waals surface area contributed by atoms with Crippen molar-refractivity contribution in [3.63, 3.8) is 0 Å². The molecule has 0 amide bonds. The summed E-state index contributed by atoms with van der Waals surface area (Å²) in [5, 5.41) is 0. The average molecular weight is 309 g/mol. The summed E-state index contributed by atoms with van der Waals surface area (Å²) in [6, 6.07) is 0. The molecular formula is C22H44. The third-order valence-electron chi connectivity index (χ3n) is 4.77. The Bertz CT molecular complexity index is 282. The van der Waals surface area contributed by atoms with E-state index in [0.717, 1.165) is 11.8 Å². The van der Waals surface area contributed by atoms with E-state index in [1.54, 1.807) is 0 Å². The smallest absolute Gasteiger partial charge is 0.0342 e. The highest BCUT2D eigenvalue weighted by Gasteiger charge is 2.26. The highest BCUT2D eigenvalue weighted by molar-refractivity contribution is 4.83. The van der Waals surface area contributed by atoms with Crippen molar-refractivity contribution in [1.82, 2.24) is 0 Å². The molecule has 0 aliphatic heterocycles. The second kappa shape index (κ2) is 10.5. The van der Waals surface area contributed by atoms with E-state index >= 15 is 0 Å². The van der Waals surface area contributed by atoms with Gasteiger partial charge in [0.15, 0.2) is 0 Å². The minimum atomic E-state index is 0.449. The van der Waals surface area contributed by atoms with E-state index in [-0.39, 0.29) is 0 Å². The van der Waals surface area contributed by atoms with Crippen LogP contribution in [0.2, 0.25) is 0 Å². The number of hydrogen-bond donors (Lipinski definition) is 0. The van der Waals surface area contributed by atoms with Crippen LogP contribution in [0.1, 0.15) is 107 Å². The lowest BCUT2D eigenvalue weighted by Crippen LogP contribution is -2.25. The van der Waals surface area contributed by atoms with Crippen LogP contribution >= 0.6 is 0 Å².